The average molecular weight is 347 g/mol. The number of nitrogens with zero attached hydrogens (tertiary/aromatic N) is 2. The van der Waals surface area contributed by atoms with Crippen LogP contribution in [0.2, 0.25) is 0 Å². The van der Waals surface area contributed by atoms with Crippen molar-refractivity contribution in [1.29, 1.82) is 0 Å². The van der Waals surface area contributed by atoms with Crippen LogP contribution >= 0.6 is 0 Å². The highest BCUT2D eigenvalue weighted by molar-refractivity contribution is 5.86. The minimum Gasteiger partial charge on any atom is -0.379 e. The highest BCUT2D eigenvalue weighted by atomic mass is 16.3. The Morgan fingerprint density at radius 3 is 2.72 bits per heavy atom. The van der Waals surface area contributed by atoms with Crippen LogP contribution in [0.15, 0.2) is 30.3 Å². The number of hydrogen-bond acceptors (Lipinski definition) is 4. The number of amides is 2. The van der Waals surface area contributed by atoms with Crippen LogP contribution in [0, 0.1) is 0 Å². The van der Waals surface area contributed by atoms with E-state index in [0.717, 1.165) is 19.3 Å². The van der Waals surface area contributed by atoms with Crippen molar-refractivity contribution < 1.29 is 14.7 Å². The maximum atomic E-state index is 12.6. The maximum Gasteiger partial charge on any atom is 0.255 e. The lowest BCUT2D eigenvalue weighted by Crippen LogP contribution is -2.58. The Morgan fingerprint density at radius 2 is 2.04 bits per heavy atom. The minimum atomic E-state index is -1.41. The van der Waals surface area contributed by atoms with E-state index in [-0.39, 0.29) is 24.9 Å². The first-order valence-corrected chi connectivity index (χ1v) is 8.89. The predicted molar refractivity (Wildman–Crippen MR) is 97.1 cm³/mol. The summed E-state index contributed by atoms with van der Waals surface area (Å²) in [6.45, 7) is 1.57. The molecule has 6 nitrogen and oxygen atoms in total. The second-order valence-corrected chi connectivity index (χ2v) is 6.91. The number of rotatable bonds is 8. The molecule has 2 rings (SSSR count). The van der Waals surface area contributed by atoms with Gasteiger partial charge < -0.3 is 20.2 Å². The number of carbonyl (C=O) groups is 2. The van der Waals surface area contributed by atoms with Crippen LogP contribution in [-0.4, -0.2) is 72.6 Å². The van der Waals surface area contributed by atoms with Crippen molar-refractivity contribution in [2.24, 2.45) is 0 Å². The summed E-state index contributed by atoms with van der Waals surface area (Å²) in [5.41, 5.74) is -0.150. The van der Waals surface area contributed by atoms with Gasteiger partial charge in [-0.1, -0.05) is 30.3 Å². The average Bonchev–Trinajstić information content (AvgIpc) is 2.59. The van der Waals surface area contributed by atoms with E-state index in [1.165, 1.54) is 10.5 Å². The van der Waals surface area contributed by atoms with Gasteiger partial charge in [-0.3, -0.25) is 9.59 Å². The zero-order valence-electron chi connectivity index (χ0n) is 15.2. The number of piperidine rings is 1. The number of benzene rings is 1. The number of carbonyl (C=O) groups excluding carboxylic acids is 2. The molecular formula is C19H29N3O3. The Bertz CT molecular complexity index is 577. The van der Waals surface area contributed by atoms with E-state index in [9.17, 15) is 14.7 Å². The molecule has 1 fully saturated rings. The molecular weight excluding hydrogens is 318 g/mol. The quantitative estimate of drug-likeness (QED) is 0.724. The second kappa shape index (κ2) is 8.97. The SMILES string of the molecule is CN(C)C(=O)CNC[C@]1(O)CCCN(CCCc2ccccc2)C1=O. The first-order chi connectivity index (χ1) is 11.9. The van der Waals surface area contributed by atoms with E-state index in [1.807, 2.05) is 18.2 Å². The number of likely N-dealkylation sites (N-methyl/N-ethyl adjacent to an activating group) is 1. The smallest absolute Gasteiger partial charge is 0.255 e. The van der Waals surface area contributed by atoms with Crippen molar-refractivity contribution in [1.82, 2.24) is 15.1 Å². The molecule has 1 saturated heterocycles. The van der Waals surface area contributed by atoms with Gasteiger partial charge in [0, 0.05) is 33.7 Å². The van der Waals surface area contributed by atoms with Crippen molar-refractivity contribution >= 4 is 11.8 Å². The van der Waals surface area contributed by atoms with Crippen molar-refractivity contribution in [2.45, 2.75) is 31.3 Å². The lowest BCUT2D eigenvalue weighted by molar-refractivity contribution is -0.156. The summed E-state index contributed by atoms with van der Waals surface area (Å²) in [5.74, 6) is -0.303. The molecule has 0 spiro atoms. The van der Waals surface area contributed by atoms with Crippen molar-refractivity contribution in [3.8, 4) is 0 Å². The summed E-state index contributed by atoms with van der Waals surface area (Å²) >= 11 is 0. The van der Waals surface area contributed by atoms with Gasteiger partial charge in [0.15, 0.2) is 5.60 Å². The Labute approximate surface area is 149 Å². The van der Waals surface area contributed by atoms with Gasteiger partial charge >= 0.3 is 0 Å². The van der Waals surface area contributed by atoms with Gasteiger partial charge in [-0.2, -0.15) is 0 Å². The topological polar surface area (TPSA) is 72.9 Å². The van der Waals surface area contributed by atoms with Crippen LogP contribution in [0.25, 0.3) is 0 Å². The van der Waals surface area contributed by atoms with Gasteiger partial charge in [0.2, 0.25) is 5.91 Å². The summed E-state index contributed by atoms with van der Waals surface area (Å²) in [5, 5.41) is 13.6. The lowest BCUT2D eigenvalue weighted by atomic mass is 9.91. The zero-order chi connectivity index (χ0) is 18.3. The Hall–Kier alpha value is -1.92. The molecule has 1 aromatic carbocycles. The second-order valence-electron chi connectivity index (χ2n) is 6.91. The number of aliphatic hydroxyl groups is 1. The van der Waals surface area contributed by atoms with Crippen LogP contribution in [-0.2, 0) is 16.0 Å². The van der Waals surface area contributed by atoms with Gasteiger partial charge in [0.1, 0.15) is 0 Å². The van der Waals surface area contributed by atoms with E-state index >= 15 is 0 Å². The van der Waals surface area contributed by atoms with Crippen molar-refractivity contribution in [3.63, 3.8) is 0 Å². The number of nitrogens with one attached hydrogen (secondary N) is 1. The third kappa shape index (κ3) is 5.54. The number of hydrogen-bond donors (Lipinski definition) is 2. The third-order valence-corrected chi connectivity index (χ3v) is 4.63. The van der Waals surface area contributed by atoms with E-state index in [2.05, 4.69) is 17.4 Å². The summed E-state index contributed by atoms with van der Waals surface area (Å²) < 4.78 is 0. The molecule has 1 aliphatic heterocycles. The Kier molecular flexibility index (Phi) is 6.96. The van der Waals surface area contributed by atoms with Crippen LogP contribution in [0.4, 0.5) is 0 Å². The van der Waals surface area contributed by atoms with Gasteiger partial charge in [-0.15, -0.1) is 0 Å². The van der Waals surface area contributed by atoms with Crippen LogP contribution in [0.3, 0.4) is 0 Å². The fraction of sp³-hybridized carbons (Fsp3) is 0.579. The maximum absolute atomic E-state index is 12.6. The Balaban J connectivity index is 1.81. The fourth-order valence-electron chi connectivity index (χ4n) is 3.10. The fourth-order valence-corrected chi connectivity index (χ4v) is 3.10. The van der Waals surface area contributed by atoms with E-state index in [4.69, 9.17) is 0 Å². The monoisotopic (exact) mass is 347 g/mol. The molecule has 1 heterocycles. The van der Waals surface area contributed by atoms with Gasteiger partial charge in [-0.25, -0.2) is 0 Å². The zero-order valence-corrected chi connectivity index (χ0v) is 15.2. The van der Waals surface area contributed by atoms with Gasteiger partial charge in [-0.05, 0) is 31.2 Å². The van der Waals surface area contributed by atoms with E-state index in [0.29, 0.717) is 19.5 Å². The normalized spacial score (nSPS) is 20.6. The number of aryl methyl sites for hydroxylation is 1. The molecule has 0 saturated carbocycles. The molecule has 2 N–H and O–H groups in total. The minimum absolute atomic E-state index is 0.0772. The Morgan fingerprint density at radius 1 is 1.32 bits per heavy atom. The molecule has 0 radical (unpaired) electrons. The molecule has 2 amide bonds. The van der Waals surface area contributed by atoms with Crippen LogP contribution < -0.4 is 5.32 Å². The molecule has 25 heavy (non-hydrogen) atoms. The van der Waals surface area contributed by atoms with E-state index in [1.54, 1.807) is 19.0 Å². The van der Waals surface area contributed by atoms with Crippen LogP contribution in [0.1, 0.15) is 24.8 Å². The molecule has 138 valence electrons. The first kappa shape index (κ1) is 19.4. The molecule has 1 aromatic rings. The highest BCUT2D eigenvalue weighted by Crippen LogP contribution is 2.22. The summed E-state index contributed by atoms with van der Waals surface area (Å²) in [4.78, 5) is 27.5. The molecule has 0 aromatic heterocycles. The predicted octanol–water partition coefficient (Wildman–Crippen LogP) is 0.651. The van der Waals surface area contributed by atoms with Crippen LogP contribution in [0.5, 0.6) is 0 Å². The van der Waals surface area contributed by atoms with Crippen molar-refractivity contribution in [3.05, 3.63) is 35.9 Å². The number of likely N-dealkylation sites (tertiary alicyclic amines) is 1. The summed E-state index contributed by atoms with van der Waals surface area (Å²) in [7, 11) is 3.36. The molecule has 1 aliphatic rings. The molecule has 1 atom stereocenters. The summed E-state index contributed by atoms with van der Waals surface area (Å²) in [6.07, 6.45) is 3.00. The molecule has 0 unspecified atom stereocenters. The first-order valence-electron chi connectivity index (χ1n) is 8.89. The molecule has 0 aliphatic carbocycles. The standard InChI is InChI=1S/C19H29N3O3/c1-21(2)17(23)14-20-15-19(25)11-7-13-22(18(19)24)12-6-10-16-8-4-3-5-9-16/h3-5,8-9,20,25H,6-7,10-15H2,1-2H3/t19-/m1/s1. The highest BCUT2D eigenvalue weighted by Gasteiger charge is 2.41. The van der Waals surface area contributed by atoms with Gasteiger partial charge in [0.05, 0.1) is 6.54 Å². The van der Waals surface area contributed by atoms with Crippen molar-refractivity contribution in [2.75, 3.05) is 40.3 Å². The third-order valence-electron chi connectivity index (χ3n) is 4.63. The van der Waals surface area contributed by atoms with E-state index < -0.39 is 5.60 Å². The molecule has 6 heteroatoms. The lowest BCUT2D eigenvalue weighted by Gasteiger charge is -2.38. The largest absolute Gasteiger partial charge is 0.379 e. The molecule has 0 bridgehead atoms. The van der Waals surface area contributed by atoms with Gasteiger partial charge in [0.25, 0.3) is 5.91 Å². The summed E-state index contributed by atoms with van der Waals surface area (Å²) in [6, 6.07) is 10.2.